The van der Waals surface area contributed by atoms with Gasteiger partial charge in [-0.05, 0) is 39.5 Å². The van der Waals surface area contributed by atoms with Crippen LogP contribution in [0.25, 0.3) is 0 Å². The summed E-state index contributed by atoms with van der Waals surface area (Å²) in [5.41, 5.74) is 5.46. The lowest BCUT2D eigenvalue weighted by molar-refractivity contribution is -0.135. The van der Waals surface area contributed by atoms with Crippen LogP contribution in [-0.4, -0.2) is 53.5 Å². The number of hydrogen-bond donors (Lipinski definition) is 1. The van der Waals surface area contributed by atoms with Gasteiger partial charge in [-0.1, -0.05) is 0 Å². The van der Waals surface area contributed by atoms with Crippen molar-refractivity contribution in [2.75, 3.05) is 20.1 Å². The Bertz CT molecular complexity index is 300. The van der Waals surface area contributed by atoms with Crippen LogP contribution in [0.1, 0.15) is 39.5 Å². The zero-order chi connectivity index (χ0) is 12.6. The average Bonchev–Trinajstić information content (AvgIpc) is 3.07. The van der Waals surface area contributed by atoms with E-state index in [9.17, 15) is 4.79 Å². The number of halogens is 2. The normalized spacial score (nSPS) is 22.4. The summed E-state index contributed by atoms with van der Waals surface area (Å²) in [4.78, 5) is 16.5. The van der Waals surface area contributed by atoms with Crippen molar-refractivity contribution in [1.29, 1.82) is 0 Å². The topological polar surface area (TPSA) is 49.6 Å². The summed E-state index contributed by atoms with van der Waals surface area (Å²) >= 11 is 0. The van der Waals surface area contributed by atoms with Crippen LogP contribution in [0, 0.1) is 0 Å². The van der Waals surface area contributed by atoms with Crippen LogP contribution in [0.2, 0.25) is 0 Å². The maximum Gasteiger partial charge on any atom is 0.242 e. The van der Waals surface area contributed by atoms with Gasteiger partial charge < -0.3 is 15.5 Å². The van der Waals surface area contributed by atoms with Gasteiger partial charge in [0.2, 0.25) is 5.91 Å². The number of carbonyl (C=O) groups is 1. The molecule has 1 aliphatic carbocycles. The third-order valence-electron chi connectivity index (χ3n) is 4.31. The highest BCUT2D eigenvalue weighted by atomic mass is 35.5. The Labute approximate surface area is 128 Å². The van der Waals surface area contributed by atoms with Crippen LogP contribution < -0.4 is 5.73 Å². The van der Waals surface area contributed by atoms with E-state index in [1.54, 1.807) is 0 Å². The zero-order valence-corrected chi connectivity index (χ0v) is 13.7. The van der Waals surface area contributed by atoms with Crippen molar-refractivity contribution in [2.45, 2.75) is 57.2 Å². The molecular formula is C13H27Cl2N3O. The fraction of sp³-hybridized carbons (Fsp3) is 0.923. The first kappa shape index (κ1) is 19.0. The van der Waals surface area contributed by atoms with E-state index in [0.717, 1.165) is 38.8 Å². The summed E-state index contributed by atoms with van der Waals surface area (Å²) in [6.07, 6.45) is 3.88. The Balaban J connectivity index is 0.00000162. The molecule has 1 heterocycles. The van der Waals surface area contributed by atoms with Gasteiger partial charge in [0.1, 0.15) is 0 Å². The molecule has 1 saturated carbocycles. The molecule has 0 bridgehead atoms. The molecule has 0 aromatic carbocycles. The van der Waals surface area contributed by atoms with Crippen LogP contribution in [-0.2, 0) is 4.79 Å². The van der Waals surface area contributed by atoms with Crippen molar-refractivity contribution in [3.63, 3.8) is 0 Å². The summed E-state index contributed by atoms with van der Waals surface area (Å²) in [5.74, 6) is 0.153. The van der Waals surface area contributed by atoms with Gasteiger partial charge in [-0.3, -0.25) is 4.79 Å². The molecule has 4 nitrogen and oxygen atoms in total. The van der Waals surface area contributed by atoms with Gasteiger partial charge in [-0.15, -0.1) is 24.8 Å². The van der Waals surface area contributed by atoms with Crippen LogP contribution in [0.4, 0.5) is 0 Å². The SMILES string of the molecule is CC(C)N1CCC(N(C)C(=O)C2(N)CC2)CC1.Cl.Cl. The van der Waals surface area contributed by atoms with Gasteiger partial charge in [0.05, 0.1) is 5.54 Å². The maximum atomic E-state index is 12.1. The number of amides is 1. The highest BCUT2D eigenvalue weighted by Gasteiger charge is 2.48. The van der Waals surface area contributed by atoms with E-state index >= 15 is 0 Å². The van der Waals surface area contributed by atoms with Crippen LogP contribution in [0.3, 0.4) is 0 Å². The highest BCUT2D eigenvalue weighted by molar-refractivity contribution is 5.89. The van der Waals surface area contributed by atoms with Crippen molar-refractivity contribution < 1.29 is 4.79 Å². The summed E-state index contributed by atoms with van der Waals surface area (Å²) in [6, 6.07) is 1.000. The Morgan fingerprint density at radius 1 is 1.26 bits per heavy atom. The first-order chi connectivity index (χ1) is 7.94. The van der Waals surface area contributed by atoms with Gasteiger partial charge >= 0.3 is 0 Å². The predicted molar refractivity (Wildman–Crippen MR) is 83.1 cm³/mol. The molecule has 1 amide bonds. The minimum atomic E-state index is -0.510. The van der Waals surface area contributed by atoms with Crippen LogP contribution in [0.5, 0.6) is 0 Å². The smallest absolute Gasteiger partial charge is 0.242 e. The molecular weight excluding hydrogens is 285 g/mol. The van der Waals surface area contributed by atoms with Gasteiger partial charge in [0, 0.05) is 32.2 Å². The number of carbonyl (C=O) groups excluding carboxylic acids is 1. The molecule has 0 radical (unpaired) electrons. The van der Waals surface area contributed by atoms with Gasteiger partial charge in [0.25, 0.3) is 0 Å². The molecule has 6 heteroatoms. The first-order valence-electron chi connectivity index (χ1n) is 6.74. The highest BCUT2D eigenvalue weighted by Crippen LogP contribution is 2.35. The number of likely N-dealkylation sites (N-methyl/N-ethyl adjacent to an activating group) is 1. The van der Waals surface area contributed by atoms with E-state index in [2.05, 4.69) is 18.7 Å². The standard InChI is InChI=1S/C13H25N3O.2ClH/c1-10(2)16-8-4-11(5-9-16)15(3)12(17)13(14)6-7-13;;/h10-11H,4-9,14H2,1-3H3;2*1H. The van der Waals surface area contributed by atoms with Crippen molar-refractivity contribution in [2.24, 2.45) is 5.73 Å². The molecule has 0 aromatic rings. The van der Waals surface area contributed by atoms with E-state index in [1.165, 1.54) is 0 Å². The largest absolute Gasteiger partial charge is 0.341 e. The molecule has 1 saturated heterocycles. The fourth-order valence-electron chi connectivity index (χ4n) is 2.66. The van der Waals surface area contributed by atoms with E-state index < -0.39 is 5.54 Å². The Kier molecular flexibility index (Phi) is 7.10. The molecule has 2 fully saturated rings. The fourth-order valence-corrected chi connectivity index (χ4v) is 2.66. The molecule has 114 valence electrons. The lowest BCUT2D eigenvalue weighted by atomic mass is 10.0. The van der Waals surface area contributed by atoms with Gasteiger partial charge in [-0.25, -0.2) is 0 Å². The van der Waals surface area contributed by atoms with Crippen molar-refractivity contribution in [1.82, 2.24) is 9.80 Å². The molecule has 0 unspecified atom stereocenters. The quantitative estimate of drug-likeness (QED) is 0.862. The molecule has 0 atom stereocenters. The number of nitrogens with zero attached hydrogens (tertiary/aromatic N) is 2. The number of piperidine rings is 1. The Morgan fingerprint density at radius 2 is 1.74 bits per heavy atom. The van der Waals surface area contributed by atoms with Crippen LogP contribution >= 0.6 is 24.8 Å². The monoisotopic (exact) mass is 311 g/mol. The van der Waals surface area contributed by atoms with E-state index in [1.807, 2.05) is 11.9 Å². The second kappa shape index (κ2) is 7.11. The zero-order valence-electron chi connectivity index (χ0n) is 12.1. The van der Waals surface area contributed by atoms with Gasteiger partial charge in [-0.2, -0.15) is 0 Å². The molecule has 0 aromatic heterocycles. The third kappa shape index (κ3) is 4.22. The lowest BCUT2D eigenvalue weighted by Crippen LogP contribution is -2.52. The summed E-state index contributed by atoms with van der Waals surface area (Å²) in [5, 5.41) is 0. The van der Waals surface area contributed by atoms with Gasteiger partial charge in [0.15, 0.2) is 0 Å². The van der Waals surface area contributed by atoms with Crippen molar-refractivity contribution in [3.8, 4) is 0 Å². The lowest BCUT2D eigenvalue weighted by Gasteiger charge is -2.39. The summed E-state index contributed by atoms with van der Waals surface area (Å²) < 4.78 is 0. The number of likely N-dealkylation sites (tertiary alicyclic amines) is 1. The Hall–Kier alpha value is -0.0300. The average molecular weight is 312 g/mol. The van der Waals surface area contributed by atoms with Crippen molar-refractivity contribution >= 4 is 30.7 Å². The molecule has 2 aliphatic rings. The predicted octanol–water partition coefficient (Wildman–Crippen LogP) is 1.65. The molecule has 2 rings (SSSR count). The molecule has 2 N–H and O–H groups in total. The summed E-state index contributed by atoms with van der Waals surface area (Å²) in [6.45, 7) is 6.65. The number of nitrogens with two attached hydrogens (primary N) is 1. The van der Waals surface area contributed by atoms with E-state index in [0.29, 0.717) is 12.1 Å². The minimum Gasteiger partial charge on any atom is -0.341 e. The second-order valence-electron chi connectivity index (χ2n) is 5.93. The van der Waals surface area contributed by atoms with Crippen LogP contribution in [0.15, 0.2) is 0 Å². The van der Waals surface area contributed by atoms with E-state index in [-0.39, 0.29) is 30.7 Å². The van der Waals surface area contributed by atoms with Crippen molar-refractivity contribution in [3.05, 3.63) is 0 Å². The summed E-state index contributed by atoms with van der Waals surface area (Å²) in [7, 11) is 1.92. The Morgan fingerprint density at radius 3 is 2.11 bits per heavy atom. The minimum absolute atomic E-state index is 0. The number of rotatable bonds is 3. The maximum absolute atomic E-state index is 12.1. The second-order valence-corrected chi connectivity index (χ2v) is 5.93. The first-order valence-corrected chi connectivity index (χ1v) is 6.74. The number of hydrogen-bond acceptors (Lipinski definition) is 3. The third-order valence-corrected chi connectivity index (χ3v) is 4.31. The molecule has 0 spiro atoms. The van der Waals surface area contributed by atoms with E-state index in [4.69, 9.17) is 5.73 Å². The molecule has 1 aliphatic heterocycles. The molecule has 19 heavy (non-hydrogen) atoms.